The summed E-state index contributed by atoms with van der Waals surface area (Å²) in [6.45, 7) is 4.79. The number of nitrogens with zero attached hydrogens (tertiary/aromatic N) is 1. The van der Waals surface area contributed by atoms with E-state index < -0.39 is 5.82 Å². The van der Waals surface area contributed by atoms with Gasteiger partial charge in [-0.15, -0.1) is 0 Å². The molecule has 2 amide bonds. The molecule has 0 unspecified atom stereocenters. The first-order valence-electron chi connectivity index (χ1n) is 8.63. The van der Waals surface area contributed by atoms with Gasteiger partial charge in [0, 0.05) is 13.1 Å². The van der Waals surface area contributed by atoms with E-state index in [1.165, 1.54) is 6.07 Å². The summed E-state index contributed by atoms with van der Waals surface area (Å²) >= 11 is 0. The van der Waals surface area contributed by atoms with Crippen LogP contribution in [-0.2, 0) is 16.0 Å². The minimum Gasteiger partial charge on any atom is -0.478 e. The van der Waals surface area contributed by atoms with Crippen LogP contribution in [0.2, 0.25) is 0 Å². The highest BCUT2D eigenvalue weighted by atomic mass is 19.1. The number of nitrogens with one attached hydrogen (secondary N) is 1. The highest BCUT2D eigenvalue weighted by Crippen LogP contribution is 2.33. The van der Waals surface area contributed by atoms with Gasteiger partial charge in [-0.1, -0.05) is 0 Å². The minimum atomic E-state index is -0.453. The Morgan fingerprint density at radius 1 is 1.40 bits per heavy atom. The first-order valence-corrected chi connectivity index (χ1v) is 8.63. The second kappa shape index (κ2) is 7.29. The SMILES string of the molecule is CC(C)OC(=O)N1CCC(Cc2cc(F)c3c(c2)NC(=O)CO3)CC1. The molecule has 0 radical (unpaired) electrons. The number of hydrogen-bond acceptors (Lipinski definition) is 4. The largest absolute Gasteiger partial charge is 0.478 e. The second-order valence-electron chi connectivity index (χ2n) is 6.86. The lowest BCUT2D eigenvalue weighted by atomic mass is 9.90. The van der Waals surface area contributed by atoms with Gasteiger partial charge in [-0.25, -0.2) is 9.18 Å². The maximum absolute atomic E-state index is 14.2. The fourth-order valence-corrected chi connectivity index (χ4v) is 3.26. The molecule has 25 heavy (non-hydrogen) atoms. The molecule has 2 aliphatic rings. The summed E-state index contributed by atoms with van der Waals surface area (Å²) in [5, 5.41) is 2.65. The van der Waals surface area contributed by atoms with Crippen LogP contribution in [0.3, 0.4) is 0 Å². The molecule has 1 N–H and O–H groups in total. The zero-order chi connectivity index (χ0) is 18.0. The van der Waals surface area contributed by atoms with Crippen molar-refractivity contribution < 1.29 is 23.5 Å². The van der Waals surface area contributed by atoms with Gasteiger partial charge in [0.2, 0.25) is 0 Å². The fraction of sp³-hybridized carbons (Fsp3) is 0.556. The van der Waals surface area contributed by atoms with Crippen molar-refractivity contribution in [3.63, 3.8) is 0 Å². The summed E-state index contributed by atoms with van der Waals surface area (Å²) in [4.78, 5) is 25.0. The van der Waals surface area contributed by atoms with Gasteiger partial charge in [0.1, 0.15) is 0 Å². The Labute approximate surface area is 146 Å². The van der Waals surface area contributed by atoms with E-state index in [0.29, 0.717) is 31.1 Å². The molecule has 1 saturated heterocycles. The molecule has 1 fully saturated rings. The maximum Gasteiger partial charge on any atom is 0.410 e. The molecule has 0 atom stereocenters. The van der Waals surface area contributed by atoms with E-state index in [-0.39, 0.29) is 30.5 Å². The van der Waals surface area contributed by atoms with Gasteiger partial charge in [-0.2, -0.15) is 0 Å². The maximum atomic E-state index is 14.2. The number of ether oxygens (including phenoxy) is 2. The Balaban J connectivity index is 1.59. The number of halogens is 1. The lowest BCUT2D eigenvalue weighted by molar-refractivity contribution is -0.118. The van der Waals surface area contributed by atoms with Gasteiger partial charge in [0.05, 0.1) is 11.8 Å². The number of fused-ring (bicyclic) bond motifs is 1. The normalized spacial score (nSPS) is 17.8. The van der Waals surface area contributed by atoms with E-state index >= 15 is 0 Å². The first kappa shape index (κ1) is 17.5. The van der Waals surface area contributed by atoms with E-state index in [1.807, 2.05) is 13.8 Å². The quantitative estimate of drug-likeness (QED) is 0.910. The Morgan fingerprint density at radius 2 is 2.12 bits per heavy atom. The summed E-state index contributed by atoms with van der Waals surface area (Å²) < 4.78 is 24.5. The Hall–Kier alpha value is -2.31. The molecule has 7 heteroatoms. The molecule has 3 rings (SSSR count). The van der Waals surface area contributed by atoms with Crippen molar-refractivity contribution in [3.8, 4) is 5.75 Å². The Kier molecular flexibility index (Phi) is 5.11. The number of carbonyl (C=O) groups is 2. The summed E-state index contributed by atoms with van der Waals surface area (Å²) in [6.07, 6.45) is 1.99. The van der Waals surface area contributed by atoms with E-state index in [1.54, 1.807) is 11.0 Å². The third-order valence-corrected chi connectivity index (χ3v) is 4.46. The number of benzene rings is 1. The number of carbonyl (C=O) groups excluding carboxylic acids is 2. The molecular weight excluding hydrogens is 327 g/mol. The number of rotatable bonds is 3. The van der Waals surface area contributed by atoms with Gasteiger partial charge >= 0.3 is 6.09 Å². The van der Waals surface area contributed by atoms with Gasteiger partial charge in [-0.3, -0.25) is 4.79 Å². The summed E-state index contributed by atoms with van der Waals surface area (Å²) in [6, 6.07) is 3.24. The number of piperidine rings is 1. The molecule has 0 bridgehead atoms. The predicted molar refractivity (Wildman–Crippen MR) is 90.1 cm³/mol. The van der Waals surface area contributed by atoms with Gasteiger partial charge in [0.15, 0.2) is 18.2 Å². The van der Waals surface area contributed by atoms with Crippen LogP contribution in [0.5, 0.6) is 5.75 Å². The molecular formula is C18H23FN2O4. The lowest BCUT2D eigenvalue weighted by Gasteiger charge is -2.32. The summed E-state index contributed by atoms with van der Waals surface area (Å²) in [5.74, 6) is -0.262. The van der Waals surface area contributed by atoms with Crippen LogP contribution < -0.4 is 10.1 Å². The standard InChI is InChI=1S/C18H23FN2O4/c1-11(2)25-18(23)21-5-3-12(4-6-21)7-13-8-14(19)17-15(9-13)20-16(22)10-24-17/h8-9,11-12H,3-7,10H2,1-2H3,(H,20,22). The lowest BCUT2D eigenvalue weighted by Crippen LogP contribution is -2.40. The molecule has 2 heterocycles. The number of anilines is 1. The third-order valence-electron chi connectivity index (χ3n) is 4.46. The molecule has 6 nitrogen and oxygen atoms in total. The van der Waals surface area contributed by atoms with Crippen molar-refractivity contribution in [3.05, 3.63) is 23.5 Å². The first-order chi connectivity index (χ1) is 11.9. The molecule has 136 valence electrons. The smallest absolute Gasteiger partial charge is 0.410 e. The molecule has 2 aliphatic heterocycles. The van der Waals surface area contributed by atoms with E-state index in [2.05, 4.69) is 5.32 Å². The molecule has 0 aromatic heterocycles. The molecule has 0 spiro atoms. The van der Waals surface area contributed by atoms with Crippen molar-refractivity contribution in [1.82, 2.24) is 4.90 Å². The van der Waals surface area contributed by atoms with Crippen LogP contribution in [0.1, 0.15) is 32.3 Å². The van der Waals surface area contributed by atoms with Crippen LogP contribution in [0, 0.1) is 11.7 Å². The zero-order valence-corrected chi connectivity index (χ0v) is 14.5. The van der Waals surface area contributed by atoms with Gasteiger partial charge < -0.3 is 19.7 Å². The van der Waals surface area contributed by atoms with Gasteiger partial charge in [0.25, 0.3) is 5.91 Å². The monoisotopic (exact) mass is 350 g/mol. The average Bonchev–Trinajstić information content (AvgIpc) is 2.54. The van der Waals surface area contributed by atoms with E-state index in [9.17, 15) is 14.0 Å². The van der Waals surface area contributed by atoms with Crippen molar-refractivity contribution in [1.29, 1.82) is 0 Å². The minimum absolute atomic E-state index is 0.106. The Bertz CT molecular complexity index is 669. The van der Waals surface area contributed by atoms with Crippen molar-refractivity contribution in [2.45, 2.75) is 39.2 Å². The van der Waals surface area contributed by atoms with Gasteiger partial charge in [-0.05, 0) is 56.7 Å². The number of hydrogen-bond donors (Lipinski definition) is 1. The summed E-state index contributed by atoms with van der Waals surface area (Å²) in [5.41, 5.74) is 1.22. The van der Waals surface area contributed by atoms with Crippen LogP contribution in [0.4, 0.5) is 14.9 Å². The molecule has 1 aromatic carbocycles. The highest BCUT2D eigenvalue weighted by Gasteiger charge is 2.26. The topological polar surface area (TPSA) is 67.9 Å². The summed E-state index contributed by atoms with van der Waals surface area (Å²) in [7, 11) is 0. The Morgan fingerprint density at radius 3 is 2.80 bits per heavy atom. The van der Waals surface area contributed by atoms with Crippen molar-refractivity contribution in [2.75, 3.05) is 25.0 Å². The van der Waals surface area contributed by atoms with Crippen molar-refractivity contribution >= 4 is 17.7 Å². The van der Waals surface area contributed by atoms with E-state index in [0.717, 1.165) is 18.4 Å². The average molecular weight is 350 g/mol. The molecule has 0 saturated carbocycles. The molecule has 0 aliphatic carbocycles. The third kappa shape index (κ3) is 4.21. The van der Waals surface area contributed by atoms with Crippen LogP contribution in [0.15, 0.2) is 12.1 Å². The molecule has 1 aromatic rings. The number of amides is 2. The number of likely N-dealkylation sites (tertiary alicyclic amines) is 1. The highest BCUT2D eigenvalue weighted by molar-refractivity contribution is 5.95. The van der Waals surface area contributed by atoms with E-state index in [4.69, 9.17) is 9.47 Å². The van der Waals surface area contributed by atoms with Crippen LogP contribution >= 0.6 is 0 Å². The predicted octanol–water partition coefficient (Wildman–Crippen LogP) is 2.96. The zero-order valence-electron chi connectivity index (χ0n) is 14.5. The fourth-order valence-electron chi connectivity index (χ4n) is 3.26. The van der Waals surface area contributed by atoms with Crippen molar-refractivity contribution in [2.24, 2.45) is 5.92 Å². The van der Waals surface area contributed by atoms with Crippen LogP contribution in [-0.4, -0.2) is 42.7 Å². The van der Waals surface area contributed by atoms with Crippen LogP contribution in [0.25, 0.3) is 0 Å². The second-order valence-corrected chi connectivity index (χ2v) is 6.86.